The lowest BCUT2D eigenvalue weighted by molar-refractivity contribution is -0.268. The van der Waals surface area contributed by atoms with Crippen molar-refractivity contribution in [1.29, 1.82) is 0 Å². The quantitative estimate of drug-likeness (QED) is 0.109. The first kappa shape index (κ1) is 36.0. The number of ether oxygens (including phenoxy) is 3. The molecule has 1 aliphatic rings. The number of benzene rings is 6. The van der Waals surface area contributed by atoms with E-state index in [1.165, 1.54) is 4.90 Å². The van der Waals surface area contributed by atoms with Crippen molar-refractivity contribution in [3.05, 3.63) is 180 Å². The second kappa shape index (κ2) is 17.4. The highest BCUT2D eigenvalue weighted by atomic mass is 32.2. The number of hydrogen-bond donors (Lipinski definition) is 3. The summed E-state index contributed by atoms with van der Waals surface area (Å²) in [4.78, 5) is 13.9. The number of amides is 2. The zero-order chi connectivity index (χ0) is 36.4. The number of aliphatic hydroxyl groups excluding tert-OH is 1. The van der Waals surface area contributed by atoms with Gasteiger partial charge in [-0.2, -0.15) is 0 Å². The first-order valence-electron chi connectivity index (χ1n) is 17.8. The van der Waals surface area contributed by atoms with E-state index in [2.05, 4.69) is 78.2 Å². The predicted molar refractivity (Wildman–Crippen MR) is 211 cm³/mol. The van der Waals surface area contributed by atoms with E-state index in [9.17, 15) is 9.90 Å². The molecule has 6 aromatic rings. The van der Waals surface area contributed by atoms with Crippen LogP contribution in [0.5, 0.6) is 11.5 Å². The molecular weight excluding hydrogens is 681 g/mol. The van der Waals surface area contributed by atoms with E-state index in [0.29, 0.717) is 18.0 Å². The maximum absolute atomic E-state index is 12.7. The van der Waals surface area contributed by atoms with Crippen LogP contribution in [0.4, 0.5) is 10.5 Å². The normalized spacial score (nSPS) is 18.2. The summed E-state index contributed by atoms with van der Waals surface area (Å²) in [5.74, 6) is 2.35. The number of thioether (sulfide) groups is 1. The number of rotatable bonds is 12. The lowest BCUT2D eigenvalue weighted by atomic mass is 9.91. The van der Waals surface area contributed by atoms with Gasteiger partial charge in [0.15, 0.2) is 6.29 Å². The van der Waals surface area contributed by atoms with Gasteiger partial charge in [0.1, 0.15) is 11.5 Å². The van der Waals surface area contributed by atoms with E-state index in [0.717, 1.165) is 44.9 Å². The van der Waals surface area contributed by atoms with Crippen LogP contribution in [0.25, 0.3) is 11.1 Å². The second-order valence-electron chi connectivity index (χ2n) is 13.0. The molecule has 0 aliphatic carbocycles. The summed E-state index contributed by atoms with van der Waals surface area (Å²) < 4.78 is 19.2. The van der Waals surface area contributed by atoms with Gasteiger partial charge in [0.2, 0.25) is 0 Å². The predicted octanol–water partition coefficient (Wildman–Crippen LogP) is 10.5. The molecule has 7 nitrogen and oxygen atoms in total. The summed E-state index contributed by atoms with van der Waals surface area (Å²) in [6, 6.07) is 51.4. The molecule has 1 aliphatic heterocycles. The highest BCUT2D eigenvalue weighted by molar-refractivity contribution is 7.99. The van der Waals surface area contributed by atoms with Gasteiger partial charge in [-0.25, -0.2) is 4.79 Å². The molecule has 7 rings (SSSR count). The first-order valence-corrected chi connectivity index (χ1v) is 18.7. The number of anilines is 1. The number of urea groups is 1. The number of aliphatic hydroxyl groups is 1. The average Bonchev–Trinajstić information content (AvgIpc) is 3.21. The van der Waals surface area contributed by atoms with Gasteiger partial charge in [0.25, 0.3) is 0 Å². The minimum Gasteiger partial charge on any atom is -0.457 e. The fraction of sp³-hybridized carbons (Fsp3) is 0.178. The van der Waals surface area contributed by atoms with E-state index < -0.39 is 6.29 Å². The zero-order valence-electron chi connectivity index (χ0n) is 29.4. The van der Waals surface area contributed by atoms with Crippen LogP contribution in [0.1, 0.15) is 41.6 Å². The van der Waals surface area contributed by atoms with Crippen molar-refractivity contribution in [2.75, 3.05) is 11.1 Å². The number of carbonyl (C=O) groups is 1. The van der Waals surface area contributed by atoms with Crippen molar-refractivity contribution in [3.8, 4) is 22.6 Å². The Bertz CT molecular complexity index is 2060. The van der Waals surface area contributed by atoms with Crippen LogP contribution >= 0.6 is 11.8 Å². The molecular formula is C45H42N2O5S. The Balaban J connectivity index is 0.983. The molecule has 4 atom stereocenters. The highest BCUT2D eigenvalue weighted by Crippen LogP contribution is 2.43. The lowest BCUT2D eigenvalue weighted by Crippen LogP contribution is -2.38. The van der Waals surface area contributed by atoms with Gasteiger partial charge in [0.05, 0.1) is 18.8 Å². The molecule has 6 aromatic carbocycles. The van der Waals surface area contributed by atoms with E-state index in [-0.39, 0.29) is 30.8 Å². The maximum Gasteiger partial charge on any atom is 0.319 e. The third-order valence-electron chi connectivity index (χ3n) is 9.27. The zero-order valence-corrected chi connectivity index (χ0v) is 30.2. The summed E-state index contributed by atoms with van der Waals surface area (Å²) in [6.07, 6.45) is -0.752. The van der Waals surface area contributed by atoms with Crippen molar-refractivity contribution < 1.29 is 24.1 Å². The molecule has 268 valence electrons. The van der Waals surface area contributed by atoms with Crippen LogP contribution in [-0.2, 0) is 22.6 Å². The Labute approximate surface area is 315 Å². The van der Waals surface area contributed by atoms with Gasteiger partial charge >= 0.3 is 6.03 Å². The molecule has 3 N–H and O–H groups in total. The SMILES string of the molecule is C[C@@H]1[C@H](CSc2ccccc2)O[C@H](c2ccc(-c3cccc(CNC(=O)Nc4ccc(Oc5ccccc5)cc4)c3)cc2)O[C@@H]1c1ccc(CO)cc1. The largest absolute Gasteiger partial charge is 0.457 e. The molecule has 0 unspecified atom stereocenters. The third-order valence-corrected chi connectivity index (χ3v) is 10.4. The molecule has 1 fully saturated rings. The van der Waals surface area contributed by atoms with Crippen molar-refractivity contribution in [1.82, 2.24) is 5.32 Å². The van der Waals surface area contributed by atoms with Crippen LogP contribution in [0.2, 0.25) is 0 Å². The smallest absolute Gasteiger partial charge is 0.319 e. The number of para-hydroxylation sites is 1. The van der Waals surface area contributed by atoms with Gasteiger partial charge in [0, 0.05) is 34.4 Å². The molecule has 2 amide bonds. The lowest BCUT2D eigenvalue weighted by Gasteiger charge is -2.41. The Morgan fingerprint density at radius 2 is 1.38 bits per heavy atom. The fourth-order valence-corrected chi connectivity index (χ4v) is 7.38. The van der Waals surface area contributed by atoms with Crippen LogP contribution in [-0.4, -0.2) is 23.0 Å². The minimum absolute atomic E-state index is 0.00609. The standard InChI is InChI=1S/C45H42N2O5S/c1-31-42(30-53-41-13-6-3-7-14-41)51-44(52-43(31)35-17-15-32(29-48)16-18-35)36-21-19-34(20-22-36)37-10-8-9-33(27-37)28-46-45(49)47-38-23-25-40(26-24-38)50-39-11-4-2-5-12-39/h2-27,31,42-44,48H,28-30H2,1H3,(H2,46,47,49)/t31-,42+,43+,44+/m1/s1. The first-order chi connectivity index (χ1) is 26.0. The Morgan fingerprint density at radius 1 is 0.698 bits per heavy atom. The molecule has 0 radical (unpaired) electrons. The summed E-state index contributed by atoms with van der Waals surface area (Å²) in [7, 11) is 0. The monoisotopic (exact) mass is 722 g/mol. The van der Waals surface area contributed by atoms with Crippen LogP contribution in [0.15, 0.2) is 163 Å². The van der Waals surface area contributed by atoms with Gasteiger partial charge < -0.3 is 30.0 Å². The second-order valence-corrected chi connectivity index (χ2v) is 14.1. The Hall–Kier alpha value is -5.38. The van der Waals surface area contributed by atoms with Gasteiger partial charge in [-0.3, -0.25) is 0 Å². The Morgan fingerprint density at radius 3 is 2.09 bits per heavy atom. The molecule has 8 heteroatoms. The van der Waals surface area contributed by atoms with Crippen LogP contribution in [0, 0.1) is 5.92 Å². The van der Waals surface area contributed by atoms with Crippen molar-refractivity contribution >= 4 is 23.5 Å². The molecule has 0 aromatic heterocycles. The summed E-state index contributed by atoms with van der Waals surface area (Å²) in [5.41, 5.74) is 6.63. The van der Waals surface area contributed by atoms with Crippen LogP contribution < -0.4 is 15.4 Å². The van der Waals surface area contributed by atoms with Gasteiger partial charge in [-0.05, 0) is 82.4 Å². The minimum atomic E-state index is -0.536. The number of carbonyl (C=O) groups excluding carboxylic acids is 1. The molecule has 0 spiro atoms. The topological polar surface area (TPSA) is 89.1 Å². The van der Waals surface area contributed by atoms with E-state index in [1.807, 2.05) is 97.1 Å². The highest BCUT2D eigenvalue weighted by Gasteiger charge is 2.38. The summed E-state index contributed by atoms with van der Waals surface area (Å²) in [6.45, 7) is 2.56. The number of hydrogen-bond acceptors (Lipinski definition) is 6. The molecule has 1 heterocycles. The third kappa shape index (κ3) is 9.54. The van der Waals surface area contributed by atoms with Gasteiger partial charge in [-0.1, -0.05) is 110 Å². The molecule has 0 bridgehead atoms. The maximum atomic E-state index is 12.7. The fourth-order valence-electron chi connectivity index (χ4n) is 6.29. The average molecular weight is 723 g/mol. The Kier molecular flexibility index (Phi) is 11.8. The van der Waals surface area contributed by atoms with Crippen LogP contribution in [0.3, 0.4) is 0 Å². The van der Waals surface area contributed by atoms with Crippen molar-refractivity contribution in [2.24, 2.45) is 5.92 Å². The summed E-state index contributed by atoms with van der Waals surface area (Å²) in [5, 5.41) is 15.4. The van der Waals surface area contributed by atoms with E-state index in [4.69, 9.17) is 14.2 Å². The van der Waals surface area contributed by atoms with E-state index in [1.54, 1.807) is 11.8 Å². The van der Waals surface area contributed by atoms with E-state index >= 15 is 0 Å². The molecule has 1 saturated heterocycles. The van der Waals surface area contributed by atoms with Crippen molar-refractivity contribution in [2.45, 2.75) is 43.5 Å². The van der Waals surface area contributed by atoms with Gasteiger partial charge in [-0.15, -0.1) is 11.8 Å². The van der Waals surface area contributed by atoms with Crippen molar-refractivity contribution in [3.63, 3.8) is 0 Å². The molecule has 0 saturated carbocycles. The number of nitrogens with one attached hydrogen (secondary N) is 2. The molecule has 53 heavy (non-hydrogen) atoms. The summed E-state index contributed by atoms with van der Waals surface area (Å²) >= 11 is 1.79.